The van der Waals surface area contributed by atoms with Crippen molar-refractivity contribution in [1.29, 1.82) is 0 Å². The van der Waals surface area contributed by atoms with Crippen LogP contribution in [0.3, 0.4) is 0 Å². The predicted molar refractivity (Wildman–Crippen MR) is 156 cm³/mol. The number of anilines is 2. The number of halogens is 2. The minimum Gasteiger partial charge on any atom is -0.493 e. The molecule has 0 fully saturated rings. The molecule has 0 saturated carbocycles. The summed E-state index contributed by atoms with van der Waals surface area (Å²) in [6.07, 6.45) is -0.0842. The minimum absolute atomic E-state index is 0.0381. The van der Waals surface area contributed by atoms with Crippen molar-refractivity contribution in [3.8, 4) is 17.2 Å². The van der Waals surface area contributed by atoms with Gasteiger partial charge in [0.1, 0.15) is 23.1 Å². The molecule has 0 aliphatic rings. The van der Waals surface area contributed by atoms with Gasteiger partial charge in [0.15, 0.2) is 0 Å². The zero-order chi connectivity index (χ0) is 30.9. The van der Waals surface area contributed by atoms with Gasteiger partial charge < -0.3 is 29.6 Å². The molecule has 1 heterocycles. The van der Waals surface area contributed by atoms with Gasteiger partial charge in [-0.2, -0.15) is 0 Å². The quantitative estimate of drug-likeness (QED) is 0.152. The Morgan fingerprint density at radius 3 is 2.35 bits per heavy atom. The normalized spacial score (nSPS) is 10.9. The Morgan fingerprint density at radius 2 is 1.67 bits per heavy atom. The number of carbonyl (C=O) groups is 2. The lowest BCUT2D eigenvalue weighted by Gasteiger charge is -2.14. The first-order valence-corrected chi connectivity index (χ1v) is 13.8. The van der Waals surface area contributed by atoms with Crippen molar-refractivity contribution in [2.24, 2.45) is 0 Å². The van der Waals surface area contributed by atoms with E-state index in [2.05, 4.69) is 15.6 Å². The van der Waals surface area contributed by atoms with Crippen LogP contribution in [0.1, 0.15) is 42.8 Å². The van der Waals surface area contributed by atoms with Crippen molar-refractivity contribution in [2.45, 2.75) is 52.7 Å². The van der Waals surface area contributed by atoms with Gasteiger partial charge >= 0.3 is 12.1 Å². The van der Waals surface area contributed by atoms with Crippen LogP contribution in [0.2, 0.25) is 0 Å². The second kappa shape index (κ2) is 14.3. The number of amides is 1. The topological polar surface area (TPSA) is 123 Å². The molecule has 4 aromatic rings. The Morgan fingerprint density at radius 1 is 0.953 bits per heavy atom. The number of hydrogen-bond donors (Lipinski definition) is 3. The lowest BCUT2D eigenvalue weighted by Crippen LogP contribution is -2.26. The third kappa shape index (κ3) is 9.29. The van der Waals surface area contributed by atoms with Crippen LogP contribution in [0.15, 0.2) is 65.1 Å². The molecule has 3 N–H and O–H groups in total. The molecule has 43 heavy (non-hydrogen) atoms. The van der Waals surface area contributed by atoms with E-state index >= 15 is 0 Å². The molecule has 1 amide bonds. The van der Waals surface area contributed by atoms with Crippen LogP contribution in [0, 0.1) is 18.6 Å². The van der Waals surface area contributed by atoms with Crippen LogP contribution >= 0.6 is 0 Å². The van der Waals surface area contributed by atoms with Gasteiger partial charge in [0.2, 0.25) is 5.89 Å². The van der Waals surface area contributed by atoms with Gasteiger partial charge in [-0.25, -0.2) is 18.6 Å². The second-order valence-corrected chi connectivity index (χ2v) is 10.1. The molecular formula is C32H33F2N3O6. The number of carbonyl (C=O) groups excluding carboxylic acids is 1. The summed E-state index contributed by atoms with van der Waals surface area (Å²) < 4.78 is 43.9. The van der Waals surface area contributed by atoms with Gasteiger partial charge in [-0.05, 0) is 86.8 Å². The number of aliphatic carboxylic acids is 1. The highest BCUT2D eigenvalue weighted by Gasteiger charge is 2.14. The third-order valence-corrected chi connectivity index (χ3v) is 6.34. The number of ether oxygens (including phenoxy) is 2. The number of carboxylic acids is 1. The fourth-order valence-electron chi connectivity index (χ4n) is 4.30. The molecule has 0 radical (unpaired) electrons. The van der Waals surface area contributed by atoms with Gasteiger partial charge in [-0.3, -0.25) is 4.79 Å². The molecule has 0 spiro atoms. The van der Waals surface area contributed by atoms with Crippen molar-refractivity contribution in [1.82, 2.24) is 10.3 Å². The third-order valence-electron chi connectivity index (χ3n) is 6.34. The molecule has 4 rings (SSSR count). The zero-order valence-corrected chi connectivity index (χ0v) is 24.1. The number of nitrogens with one attached hydrogen (secondary N) is 2. The van der Waals surface area contributed by atoms with Gasteiger partial charge in [0.25, 0.3) is 0 Å². The molecule has 0 atom stereocenters. The van der Waals surface area contributed by atoms with Crippen LogP contribution in [0.4, 0.5) is 25.0 Å². The Hall–Kier alpha value is -4.93. The van der Waals surface area contributed by atoms with Gasteiger partial charge in [0, 0.05) is 42.4 Å². The van der Waals surface area contributed by atoms with E-state index in [1.165, 1.54) is 12.1 Å². The van der Waals surface area contributed by atoms with E-state index in [9.17, 15) is 18.4 Å². The van der Waals surface area contributed by atoms with Gasteiger partial charge in [-0.15, -0.1) is 0 Å². The summed E-state index contributed by atoms with van der Waals surface area (Å²) in [5, 5.41) is 14.7. The molecule has 0 aliphatic carbocycles. The Kier molecular flexibility index (Phi) is 10.3. The first-order chi connectivity index (χ1) is 20.5. The second-order valence-electron chi connectivity index (χ2n) is 10.1. The maximum absolute atomic E-state index is 13.5. The van der Waals surface area contributed by atoms with Gasteiger partial charge in [0.05, 0.1) is 18.4 Å². The SMILES string of the molecule is Cc1oc(-c2ccc(Nc3cc(F)cc(F)c3)cc2)nc1CCOc1ccc(CCC(=O)O)c(CNC(=O)OC(C)C)c1. The fourth-order valence-corrected chi connectivity index (χ4v) is 4.30. The summed E-state index contributed by atoms with van der Waals surface area (Å²) in [7, 11) is 0. The van der Waals surface area contributed by atoms with Crippen molar-refractivity contribution in [3.63, 3.8) is 0 Å². The van der Waals surface area contributed by atoms with Gasteiger partial charge in [-0.1, -0.05) is 6.07 Å². The summed E-state index contributed by atoms with van der Waals surface area (Å²) >= 11 is 0. The predicted octanol–water partition coefficient (Wildman–Crippen LogP) is 6.95. The number of nitrogens with zero attached hydrogens (tertiary/aromatic N) is 1. The molecule has 0 saturated heterocycles. The van der Waals surface area contributed by atoms with Crippen molar-refractivity contribution < 1.29 is 37.4 Å². The summed E-state index contributed by atoms with van der Waals surface area (Å²) in [6.45, 7) is 5.78. The molecule has 0 bridgehead atoms. The smallest absolute Gasteiger partial charge is 0.407 e. The Labute approximate surface area is 247 Å². The van der Waals surface area contributed by atoms with Crippen LogP contribution in [0.5, 0.6) is 5.75 Å². The maximum atomic E-state index is 13.5. The highest BCUT2D eigenvalue weighted by molar-refractivity contribution is 5.68. The van der Waals surface area contributed by atoms with E-state index < -0.39 is 23.7 Å². The Bertz CT molecular complexity index is 1550. The zero-order valence-electron chi connectivity index (χ0n) is 24.1. The van der Waals surface area contributed by atoms with Crippen molar-refractivity contribution in [2.75, 3.05) is 11.9 Å². The molecular weight excluding hydrogens is 560 g/mol. The number of rotatable bonds is 13. The monoisotopic (exact) mass is 593 g/mol. The fraction of sp³-hybridized carbons (Fsp3) is 0.281. The van der Waals surface area contributed by atoms with Crippen LogP contribution in [-0.2, 0) is 28.9 Å². The van der Waals surface area contributed by atoms with Crippen LogP contribution < -0.4 is 15.4 Å². The lowest BCUT2D eigenvalue weighted by atomic mass is 10.0. The molecule has 226 valence electrons. The summed E-state index contributed by atoms with van der Waals surface area (Å²) in [4.78, 5) is 27.7. The summed E-state index contributed by atoms with van der Waals surface area (Å²) in [5.74, 6) is -0.599. The summed E-state index contributed by atoms with van der Waals surface area (Å²) in [6, 6.07) is 15.7. The Balaban J connectivity index is 1.37. The number of aromatic nitrogens is 1. The number of benzene rings is 3. The highest BCUT2D eigenvalue weighted by Crippen LogP contribution is 2.26. The molecule has 11 heteroatoms. The standard InChI is InChI=1S/C32H33F2N3O6/c1-19(2)42-32(40)35-18-23-14-28(10-6-21(23)7-11-30(38)39)41-13-12-29-20(3)43-31(37-29)22-4-8-26(9-5-22)36-27-16-24(33)15-25(34)17-27/h4-6,8-10,14-17,19,36H,7,11-13,18H2,1-3H3,(H,35,40)(H,38,39). The van der Waals surface area contributed by atoms with Crippen molar-refractivity contribution in [3.05, 3.63) is 94.9 Å². The van der Waals surface area contributed by atoms with Crippen LogP contribution in [0.25, 0.3) is 11.5 Å². The minimum atomic E-state index is -0.908. The van der Waals surface area contributed by atoms with Crippen LogP contribution in [-0.4, -0.2) is 34.9 Å². The number of oxazole rings is 1. The molecule has 0 unspecified atom stereocenters. The van der Waals surface area contributed by atoms with E-state index in [0.29, 0.717) is 48.2 Å². The lowest BCUT2D eigenvalue weighted by molar-refractivity contribution is -0.136. The van der Waals surface area contributed by atoms with E-state index in [4.69, 9.17) is 19.0 Å². The average Bonchev–Trinajstić information content (AvgIpc) is 3.30. The van der Waals surface area contributed by atoms with E-state index in [1.54, 1.807) is 56.3 Å². The molecule has 3 aromatic carbocycles. The highest BCUT2D eigenvalue weighted by atomic mass is 19.1. The summed E-state index contributed by atoms with van der Waals surface area (Å²) in [5.41, 5.74) is 3.93. The number of carboxylic acid groups (broad SMARTS) is 1. The maximum Gasteiger partial charge on any atom is 0.407 e. The molecule has 1 aromatic heterocycles. The first-order valence-electron chi connectivity index (χ1n) is 13.8. The number of aryl methyl sites for hydroxylation is 2. The van der Waals surface area contributed by atoms with E-state index in [0.717, 1.165) is 28.5 Å². The first kappa shape index (κ1) is 31.0. The number of alkyl carbamates (subject to hydrolysis) is 1. The largest absolute Gasteiger partial charge is 0.493 e. The van der Waals surface area contributed by atoms with E-state index in [1.807, 2.05) is 6.92 Å². The average molecular weight is 594 g/mol. The molecule has 0 aliphatic heterocycles. The molecule has 9 nitrogen and oxygen atoms in total. The van der Waals surface area contributed by atoms with E-state index in [-0.39, 0.29) is 19.1 Å². The van der Waals surface area contributed by atoms with Crippen molar-refractivity contribution >= 4 is 23.4 Å². The number of hydrogen-bond acceptors (Lipinski definition) is 7.